The van der Waals surface area contributed by atoms with Crippen molar-refractivity contribution in [1.82, 2.24) is 0 Å². The average Bonchev–Trinajstić information content (AvgIpc) is 2.65. The summed E-state index contributed by atoms with van der Waals surface area (Å²) in [4.78, 5) is 23.1. The Labute approximate surface area is 178 Å². The molecule has 0 amide bonds. The van der Waals surface area contributed by atoms with Gasteiger partial charge in [-0.3, -0.25) is 9.59 Å². The molecule has 2 rings (SSSR count). The molecule has 7 nitrogen and oxygen atoms in total. The minimum Gasteiger partial charge on any atom is -0.481 e. The van der Waals surface area contributed by atoms with E-state index in [9.17, 15) is 24.9 Å². The second-order valence-corrected chi connectivity index (χ2v) is 8.88. The molecule has 0 radical (unpaired) electrons. The number of aliphatic hydroxyl groups is 3. The first-order chi connectivity index (χ1) is 14.1. The molecule has 7 heteroatoms. The Morgan fingerprint density at radius 3 is 2.60 bits per heavy atom. The third-order valence-corrected chi connectivity index (χ3v) is 6.44. The van der Waals surface area contributed by atoms with Crippen LogP contribution in [0.25, 0.3) is 0 Å². The fourth-order valence-electron chi connectivity index (χ4n) is 4.52. The highest BCUT2D eigenvalue weighted by Crippen LogP contribution is 2.44. The summed E-state index contributed by atoms with van der Waals surface area (Å²) in [6.07, 6.45) is 4.64. The van der Waals surface area contributed by atoms with Crippen molar-refractivity contribution in [3.05, 3.63) is 23.8 Å². The summed E-state index contributed by atoms with van der Waals surface area (Å²) < 4.78 is 5.84. The first-order valence-corrected chi connectivity index (χ1v) is 11.0. The second-order valence-electron chi connectivity index (χ2n) is 8.88. The van der Waals surface area contributed by atoms with Gasteiger partial charge in [0, 0.05) is 12.3 Å². The van der Waals surface area contributed by atoms with Gasteiger partial charge in [-0.25, -0.2) is 0 Å². The molecule has 0 aromatic rings. The number of carboxylic acids is 1. The summed E-state index contributed by atoms with van der Waals surface area (Å²) in [5.74, 6) is -1.31. The van der Waals surface area contributed by atoms with Gasteiger partial charge in [-0.05, 0) is 43.1 Å². The number of carbonyl (C=O) groups is 2. The molecule has 0 bridgehead atoms. The Kier molecular flexibility index (Phi) is 9.07. The summed E-state index contributed by atoms with van der Waals surface area (Å²) in [5.41, 5.74) is 0.958. The van der Waals surface area contributed by atoms with Gasteiger partial charge in [-0.2, -0.15) is 0 Å². The predicted octanol–water partition coefficient (Wildman–Crippen LogP) is 2.44. The molecule has 0 aromatic heterocycles. The standard InChI is InChI=1S/C23H36O7/c1-4-13(2)23(29)30-20-11-17(25)9-15-6-5-14(3)19(22(15)20)8-7-16(24)10-18(26)12-21(27)28/h5-6,9,13-14,16-20,22,24-26H,4,7-8,10-12H2,1-3H3,(H,27,28)/t13-,14-,16-,17+,18+,19-,20-,22-/m0/s1. The summed E-state index contributed by atoms with van der Waals surface area (Å²) in [6, 6.07) is 0. The van der Waals surface area contributed by atoms with Crippen LogP contribution in [-0.2, 0) is 14.3 Å². The Balaban J connectivity index is 2.09. The van der Waals surface area contributed by atoms with Gasteiger partial charge in [0.15, 0.2) is 0 Å². The van der Waals surface area contributed by atoms with E-state index in [0.29, 0.717) is 25.7 Å². The van der Waals surface area contributed by atoms with Crippen LogP contribution in [0.1, 0.15) is 59.3 Å². The minimum atomic E-state index is -1.10. The maximum Gasteiger partial charge on any atom is 0.308 e. The Morgan fingerprint density at radius 1 is 1.27 bits per heavy atom. The molecule has 2 aliphatic carbocycles. The van der Waals surface area contributed by atoms with Crippen LogP contribution in [0.4, 0.5) is 0 Å². The second kappa shape index (κ2) is 11.1. The van der Waals surface area contributed by atoms with Gasteiger partial charge in [-0.1, -0.05) is 39.0 Å². The van der Waals surface area contributed by atoms with Crippen LogP contribution in [-0.4, -0.2) is 56.8 Å². The van der Waals surface area contributed by atoms with E-state index in [4.69, 9.17) is 9.84 Å². The molecule has 0 aliphatic heterocycles. The third-order valence-electron chi connectivity index (χ3n) is 6.44. The maximum atomic E-state index is 12.4. The van der Waals surface area contributed by atoms with Crippen molar-refractivity contribution in [2.24, 2.45) is 23.7 Å². The molecule has 8 atom stereocenters. The molecule has 2 aliphatic rings. The molecule has 0 saturated carbocycles. The third kappa shape index (κ3) is 6.65. The van der Waals surface area contributed by atoms with Crippen LogP contribution in [0, 0.1) is 23.7 Å². The van der Waals surface area contributed by atoms with Gasteiger partial charge in [-0.15, -0.1) is 0 Å². The lowest BCUT2D eigenvalue weighted by Gasteiger charge is -2.43. The van der Waals surface area contributed by atoms with E-state index in [1.165, 1.54) is 0 Å². The molecule has 0 aromatic carbocycles. The number of carbonyl (C=O) groups excluding carboxylic acids is 1. The number of rotatable bonds is 10. The van der Waals surface area contributed by atoms with Crippen LogP contribution in [0.3, 0.4) is 0 Å². The van der Waals surface area contributed by atoms with E-state index in [2.05, 4.69) is 13.0 Å². The highest BCUT2D eigenvalue weighted by Gasteiger charge is 2.42. The molecular formula is C23H36O7. The van der Waals surface area contributed by atoms with Gasteiger partial charge < -0.3 is 25.2 Å². The number of esters is 1. The Bertz CT molecular complexity index is 656. The van der Waals surface area contributed by atoms with Crippen LogP contribution in [0.15, 0.2) is 23.8 Å². The first kappa shape index (κ1) is 24.6. The van der Waals surface area contributed by atoms with Crippen LogP contribution in [0.5, 0.6) is 0 Å². The number of aliphatic carboxylic acids is 1. The van der Waals surface area contributed by atoms with E-state index in [-0.39, 0.29) is 42.5 Å². The van der Waals surface area contributed by atoms with Crippen LogP contribution < -0.4 is 0 Å². The number of carboxylic acid groups (broad SMARTS) is 1. The zero-order valence-corrected chi connectivity index (χ0v) is 18.1. The van der Waals surface area contributed by atoms with Crippen LogP contribution in [0.2, 0.25) is 0 Å². The van der Waals surface area contributed by atoms with Crippen LogP contribution >= 0.6 is 0 Å². The van der Waals surface area contributed by atoms with E-state index < -0.39 is 30.4 Å². The monoisotopic (exact) mass is 424 g/mol. The largest absolute Gasteiger partial charge is 0.481 e. The number of fused-ring (bicyclic) bond motifs is 1. The van der Waals surface area contributed by atoms with Crippen molar-refractivity contribution in [2.75, 3.05) is 0 Å². The summed E-state index contributed by atoms with van der Waals surface area (Å²) in [5, 5.41) is 39.1. The van der Waals surface area contributed by atoms with E-state index in [1.54, 1.807) is 0 Å². The molecule has 170 valence electrons. The number of ether oxygens (including phenoxy) is 1. The SMILES string of the molecule is CC[C@H](C)C(=O)O[C@H]1C[C@H](O)C=C2C=C[C@H](C)[C@H](CC[C@H](O)C[C@@H](O)CC(=O)O)[C@H]21. The number of hydrogen-bond donors (Lipinski definition) is 4. The van der Waals surface area contributed by atoms with Crippen molar-refractivity contribution in [2.45, 2.75) is 83.7 Å². The smallest absolute Gasteiger partial charge is 0.308 e. The fourth-order valence-corrected chi connectivity index (χ4v) is 4.52. The Morgan fingerprint density at radius 2 is 1.97 bits per heavy atom. The Hall–Kier alpha value is -1.70. The lowest BCUT2D eigenvalue weighted by atomic mass is 9.66. The fraction of sp³-hybridized carbons (Fsp3) is 0.739. The summed E-state index contributed by atoms with van der Waals surface area (Å²) in [6.45, 7) is 5.85. The normalized spacial score (nSPS) is 31.3. The number of allylic oxidation sites excluding steroid dienone is 2. The molecule has 0 heterocycles. The number of aliphatic hydroxyl groups excluding tert-OH is 3. The molecule has 0 saturated heterocycles. The molecular weight excluding hydrogens is 388 g/mol. The number of hydrogen-bond acceptors (Lipinski definition) is 6. The van der Waals surface area contributed by atoms with E-state index >= 15 is 0 Å². The van der Waals surface area contributed by atoms with Crippen molar-refractivity contribution in [1.29, 1.82) is 0 Å². The van der Waals surface area contributed by atoms with Gasteiger partial charge in [0.25, 0.3) is 0 Å². The lowest BCUT2D eigenvalue weighted by Crippen LogP contribution is -2.43. The minimum absolute atomic E-state index is 0.0156. The van der Waals surface area contributed by atoms with E-state index in [1.807, 2.05) is 26.0 Å². The zero-order chi connectivity index (χ0) is 22.4. The molecule has 0 unspecified atom stereocenters. The summed E-state index contributed by atoms with van der Waals surface area (Å²) >= 11 is 0. The van der Waals surface area contributed by atoms with Gasteiger partial charge in [0.1, 0.15) is 6.10 Å². The van der Waals surface area contributed by atoms with Crippen molar-refractivity contribution < 1.29 is 34.8 Å². The van der Waals surface area contributed by atoms with E-state index in [0.717, 1.165) is 5.57 Å². The highest BCUT2D eigenvalue weighted by molar-refractivity contribution is 5.72. The van der Waals surface area contributed by atoms with Crippen molar-refractivity contribution in [3.63, 3.8) is 0 Å². The summed E-state index contributed by atoms with van der Waals surface area (Å²) in [7, 11) is 0. The van der Waals surface area contributed by atoms with Crippen molar-refractivity contribution >= 4 is 11.9 Å². The molecule has 4 N–H and O–H groups in total. The molecule has 0 fully saturated rings. The van der Waals surface area contributed by atoms with Crippen molar-refractivity contribution in [3.8, 4) is 0 Å². The van der Waals surface area contributed by atoms with Gasteiger partial charge in [0.2, 0.25) is 0 Å². The van der Waals surface area contributed by atoms with Gasteiger partial charge in [0.05, 0.1) is 30.7 Å². The first-order valence-electron chi connectivity index (χ1n) is 11.0. The molecule has 30 heavy (non-hydrogen) atoms. The maximum absolute atomic E-state index is 12.4. The molecule has 0 spiro atoms. The lowest BCUT2D eigenvalue weighted by molar-refractivity contribution is -0.159. The average molecular weight is 425 g/mol. The topological polar surface area (TPSA) is 124 Å². The quantitative estimate of drug-likeness (QED) is 0.397. The zero-order valence-electron chi connectivity index (χ0n) is 18.1. The highest BCUT2D eigenvalue weighted by atomic mass is 16.5. The van der Waals surface area contributed by atoms with Gasteiger partial charge >= 0.3 is 11.9 Å². The predicted molar refractivity (Wildman–Crippen MR) is 111 cm³/mol.